The molecule has 1 rings (SSSR count). The Hall–Kier alpha value is -1.10. The minimum atomic E-state index is -0.438. The van der Waals surface area contributed by atoms with Crippen molar-refractivity contribution in [1.29, 1.82) is 0 Å². The van der Waals surface area contributed by atoms with Gasteiger partial charge in [0, 0.05) is 18.1 Å². The van der Waals surface area contributed by atoms with Crippen molar-refractivity contribution < 1.29 is 4.79 Å². The van der Waals surface area contributed by atoms with Crippen LogP contribution < -0.4 is 16.4 Å². The highest BCUT2D eigenvalue weighted by Crippen LogP contribution is 2.15. The zero-order chi connectivity index (χ0) is 16.8. The second-order valence-corrected chi connectivity index (χ2v) is 6.79. The van der Waals surface area contributed by atoms with Crippen LogP contribution in [0.3, 0.4) is 0 Å². The molecule has 4 N–H and O–H groups in total. The van der Waals surface area contributed by atoms with Crippen molar-refractivity contribution in [1.82, 2.24) is 10.6 Å². The zero-order valence-electron chi connectivity index (χ0n) is 14.9. The van der Waals surface area contributed by atoms with Crippen molar-refractivity contribution in [2.45, 2.75) is 58.7 Å². The molecule has 0 spiro atoms. The van der Waals surface area contributed by atoms with Gasteiger partial charge < -0.3 is 16.4 Å². The fourth-order valence-electron chi connectivity index (χ4n) is 2.40. The van der Waals surface area contributed by atoms with E-state index >= 15 is 0 Å². The van der Waals surface area contributed by atoms with Gasteiger partial charge in [-0.3, -0.25) is 4.79 Å². The lowest BCUT2D eigenvalue weighted by molar-refractivity contribution is -0.123. The first-order valence-corrected chi connectivity index (χ1v) is 8.12. The van der Waals surface area contributed by atoms with E-state index in [9.17, 15) is 4.79 Å². The van der Waals surface area contributed by atoms with Gasteiger partial charge in [-0.25, -0.2) is 0 Å². The third kappa shape index (κ3) is 7.34. The highest BCUT2D eigenvalue weighted by molar-refractivity contribution is 5.85. The predicted molar refractivity (Wildman–Crippen MR) is 99.8 cm³/mol. The molecule has 0 fully saturated rings. The zero-order valence-corrected chi connectivity index (χ0v) is 15.7. The minimum Gasteiger partial charge on any atom is -0.353 e. The number of hydrogen-bond donors (Lipinski definition) is 3. The van der Waals surface area contributed by atoms with Crippen LogP contribution in [0.2, 0.25) is 0 Å². The minimum absolute atomic E-state index is 0. The Kier molecular flexibility index (Phi) is 9.44. The highest BCUT2D eigenvalue weighted by atomic mass is 35.5. The molecule has 0 aliphatic rings. The number of carbonyl (C=O) groups is 1. The number of halogens is 1. The fourth-order valence-corrected chi connectivity index (χ4v) is 2.40. The van der Waals surface area contributed by atoms with Gasteiger partial charge in [0.15, 0.2) is 0 Å². The van der Waals surface area contributed by atoms with E-state index in [1.165, 1.54) is 5.56 Å². The first kappa shape index (κ1) is 21.9. The topological polar surface area (TPSA) is 67.2 Å². The van der Waals surface area contributed by atoms with E-state index in [1.54, 1.807) is 0 Å². The molecular formula is C18H32ClN3O. The number of hydrogen-bond acceptors (Lipinski definition) is 3. The molecule has 0 radical (unpaired) electrons. The molecule has 4 nitrogen and oxygen atoms in total. The summed E-state index contributed by atoms with van der Waals surface area (Å²) in [7, 11) is 0. The molecule has 1 aromatic carbocycles. The molecule has 1 amide bonds. The number of amides is 1. The summed E-state index contributed by atoms with van der Waals surface area (Å²) in [5, 5.41) is 6.52. The average Bonchev–Trinajstić information content (AvgIpc) is 2.51. The van der Waals surface area contributed by atoms with Gasteiger partial charge in [-0.1, -0.05) is 50.6 Å². The summed E-state index contributed by atoms with van der Waals surface area (Å²) in [6.45, 7) is 10.9. The van der Waals surface area contributed by atoms with Gasteiger partial charge >= 0.3 is 0 Å². The first-order chi connectivity index (χ1) is 10.3. The maximum absolute atomic E-state index is 12.1. The van der Waals surface area contributed by atoms with Gasteiger partial charge in [0.2, 0.25) is 5.91 Å². The third-order valence-electron chi connectivity index (χ3n) is 4.17. The van der Waals surface area contributed by atoms with Gasteiger partial charge in [0.1, 0.15) is 0 Å². The second kappa shape index (κ2) is 9.91. The van der Waals surface area contributed by atoms with Gasteiger partial charge in [0.05, 0.1) is 6.04 Å². The Labute approximate surface area is 147 Å². The Morgan fingerprint density at radius 3 is 2.30 bits per heavy atom. The van der Waals surface area contributed by atoms with Gasteiger partial charge in [0.25, 0.3) is 0 Å². The summed E-state index contributed by atoms with van der Waals surface area (Å²) in [6.07, 6.45) is 0.904. The monoisotopic (exact) mass is 341 g/mol. The lowest BCUT2D eigenvalue weighted by Crippen LogP contribution is -2.53. The number of benzene rings is 1. The van der Waals surface area contributed by atoms with E-state index < -0.39 is 6.04 Å². The molecule has 0 aliphatic carbocycles. The van der Waals surface area contributed by atoms with Gasteiger partial charge in [-0.2, -0.15) is 0 Å². The van der Waals surface area contributed by atoms with Crippen molar-refractivity contribution in [3.63, 3.8) is 0 Å². The van der Waals surface area contributed by atoms with E-state index in [1.807, 2.05) is 32.0 Å². The maximum Gasteiger partial charge on any atom is 0.237 e. The van der Waals surface area contributed by atoms with Crippen molar-refractivity contribution >= 4 is 18.3 Å². The van der Waals surface area contributed by atoms with Crippen LogP contribution in [0.1, 0.15) is 52.6 Å². The molecule has 0 saturated carbocycles. The van der Waals surface area contributed by atoms with Crippen LogP contribution in [0, 0.1) is 5.92 Å². The smallest absolute Gasteiger partial charge is 0.237 e. The molecule has 23 heavy (non-hydrogen) atoms. The molecule has 132 valence electrons. The van der Waals surface area contributed by atoms with Crippen LogP contribution >= 0.6 is 12.4 Å². The molecule has 0 heterocycles. The molecule has 3 unspecified atom stereocenters. The molecule has 0 saturated heterocycles. The lowest BCUT2D eigenvalue weighted by Gasteiger charge is -2.31. The standard InChI is InChI=1S/C18H31N3O.ClH/c1-6-13(2)16(19)17(22)20-12-18(4,5)21-14(3)15-10-8-7-9-11-15;/h7-11,13-14,16,21H,6,12,19H2,1-5H3,(H,20,22);1H. The van der Waals surface area contributed by atoms with E-state index in [0.717, 1.165) is 6.42 Å². The summed E-state index contributed by atoms with van der Waals surface area (Å²) >= 11 is 0. The van der Waals surface area contributed by atoms with Crippen LogP contribution in [0.5, 0.6) is 0 Å². The van der Waals surface area contributed by atoms with Crippen molar-refractivity contribution in [2.75, 3.05) is 6.54 Å². The molecule has 0 aliphatic heterocycles. The third-order valence-corrected chi connectivity index (χ3v) is 4.17. The number of nitrogens with two attached hydrogens (primary N) is 1. The molecule has 0 aromatic heterocycles. The van der Waals surface area contributed by atoms with E-state index in [2.05, 4.69) is 43.5 Å². The molecule has 3 atom stereocenters. The summed E-state index contributed by atoms with van der Waals surface area (Å²) < 4.78 is 0. The predicted octanol–water partition coefficient (Wildman–Crippen LogP) is 3.03. The van der Waals surface area contributed by atoms with Gasteiger partial charge in [-0.15, -0.1) is 12.4 Å². The Morgan fingerprint density at radius 2 is 1.78 bits per heavy atom. The largest absolute Gasteiger partial charge is 0.353 e. The average molecular weight is 342 g/mol. The summed E-state index contributed by atoms with van der Waals surface area (Å²) in [4.78, 5) is 12.1. The van der Waals surface area contributed by atoms with Crippen molar-refractivity contribution in [3.8, 4) is 0 Å². The van der Waals surface area contributed by atoms with Crippen LogP contribution in [-0.4, -0.2) is 24.0 Å². The maximum atomic E-state index is 12.1. The molecular weight excluding hydrogens is 310 g/mol. The Bertz CT molecular complexity index is 465. The molecule has 1 aromatic rings. The number of rotatable bonds is 8. The lowest BCUT2D eigenvalue weighted by atomic mass is 9.98. The van der Waals surface area contributed by atoms with E-state index in [-0.39, 0.29) is 35.8 Å². The second-order valence-electron chi connectivity index (χ2n) is 6.79. The summed E-state index contributed by atoms with van der Waals surface area (Å²) in [5.74, 6) is 0.121. The SMILES string of the molecule is CCC(C)C(N)C(=O)NCC(C)(C)NC(C)c1ccccc1.Cl. The quantitative estimate of drug-likeness (QED) is 0.680. The Balaban J connectivity index is 0.00000484. The van der Waals surface area contributed by atoms with E-state index in [4.69, 9.17) is 5.73 Å². The number of nitrogens with one attached hydrogen (secondary N) is 2. The Morgan fingerprint density at radius 1 is 1.22 bits per heavy atom. The fraction of sp³-hybridized carbons (Fsp3) is 0.611. The van der Waals surface area contributed by atoms with Crippen LogP contribution in [-0.2, 0) is 4.79 Å². The molecule has 0 bridgehead atoms. The van der Waals surface area contributed by atoms with Crippen LogP contribution in [0.15, 0.2) is 30.3 Å². The normalized spacial score (nSPS) is 15.2. The first-order valence-electron chi connectivity index (χ1n) is 8.12. The van der Waals surface area contributed by atoms with Crippen molar-refractivity contribution in [2.24, 2.45) is 11.7 Å². The number of carbonyl (C=O) groups excluding carboxylic acids is 1. The summed E-state index contributed by atoms with van der Waals surface area (Å²) in [5.41, 5.74) is 6.99. The van der Waals surface area contributed by atoms with Crippen molar-refractivity contribution in [3.05, 3.63) is 35.9 Å². The highest BCUT2D eigenvalue weighted by Gasteiger charge is 2.24. The van der Waals surface area contributed by atoms with Crippen LogP contribution in [0.25, 0.3) is 0 Å². The molecule has 5 heteroatoms. The van der Waals surface area contributed by atoms with Gasteiger partial charge in [-0.05, 0) is 32.3 Å². The summed E-state index contributed by atoms with van der Waals surface area (Å²) in [6, 6.07) is 10.1. The van der Waals surface area contributed by atoms with E-state index in [0.29, 0.717) is 6.54 Å². The van der Waals surface area contributed by atoms with Crippen LogP contribution in [0.4, 0.5) is 0 Å².